The highest BCUT2D eigenvalue weighted by Gasteiger charge is 2.30. The third kappa shape index (κ3) is 6.51. The van der Waals surface area contributed by atoms with Gasteiger partial charge >= 0.3 is 6.09 Å². The number of nitrogens with zero attached hydrogens (tertiary/aromatic N) is 2. The van der Waals surface area contributed by atoms with Crippen LogP contribution in [-0.2, 0) is 11.3 Å². The summed E-state index contributed by atoms with van der Waals surface area (Å²) in [5, 5.41) is 3.09. The fraction of sp³-hybridized carbons (Fsp3) is 0.682. The Hall–Kier alpha value is -1.59. The number of hydrogen-bond acceptors (Lipinski definition) is 4. The number of benzene rings is 1. The van der Waals surface area contributed by atoms with E-state index < -0.39 is 5.60 Å². The third-order valence-corrected chi connectivity index (χ3v) is 5.54. The molecular formula is C22H35N3O2. The predicted molar refractivity (Wildman–Crippen MR) is 109 cm³/mol. The third-order valence-electron chi connectivity index (χ3n) is 5.54. The van der Waals surface area contributed by atoms with E-state index in [2.05, 4.69) is 45.4 Å². The zero-order valence-corrected chi connectivity index (χ0v) is 17.1. The van der Waals surface area contributed by atoms with E-state index in [1.165, 1.54) is 18.4 Å². The first-order valence-electron chi connectivity index (χ1n) is 10.4. The molecule has 0 unspecified atom stereocenters. The van der Waals surface area contributed by atoms with Crippen molar-refractivity contribution in [3.63, 3.8) is 0 Å². The SMILES string of the molecule is CC(C)(C)OC(=O)N[C@@H]1CCC[C@@H](N2CCN(Cc3ccccc3)CC2)C1. The number of amides is 1. The van der Waals surface area contributed by atoms with E-state index >= 15 is 0 Å². The normalized spacial score (nSPS) is 25.1. The molecule has 1 amide bonds. The van der Waals surface area contributed by atoms with Crippen LogP contribution in [0.2, 0.25) is 0 Å². The molecule has 1 heterocycles. The lowest BCUT2D eigenvalue weighted by atomic mass is 9.89. The van der Waals surface area contributed by atoms with Crippen LogP contribution in [0.15, 0.2) is 30.3 Å². The predicted octanol–water partition coefficient (Wildman–Crippen LogP) is 3.64. The van der Waals surface area contributed by atoms with Crippen LogP contribution in [0.1, 0.15) is 52.0 Å². The van der Waals surface area contributed by atoms with Gasteiger partial charge in [0, 0.05) is 44.8 Å². The van der Waals surface area contributed by atoms with Gasteiger partial charge in [-0.1, -0.05) is 30.3 Å². The van der Waals surface area contributed by atoms with Crippen molar-refractivity contribution in [1.82, 2.24) is 15.1 Å². The maximum atomic E-state index is 12.1. The van der Waals surface area contributed by atoms with Crippen LogP contribution in [0, 0.1) is 0 Å². The van der Waals surface area contributed by atoms with Crippen molar-refractivity contribution in [3.8, 4) is 0 Å². The van der Waals surface area contributed by atoms with E-state index in [0.29, 0.717) is 6.04 Å². The summed E-state index contributed by atoms with van der Waals surface area (Å²) in [6.45, 7) is 11.3. The Morgan fingerprint density at radius 2 is 1.81 bits per heavy atom. The Labute approximate surface area is 164 Å². The van der Waals surface area contributed by atoms with Crippen LogP contribution in [0.4, 0.5) is 4.79 Å². The van der Waals surface area contributed by atoms with E-state index in [1.54, 1.807) is 0 Å². The molecule has 1 aromatic rings. The molecule has 3 rings (SSSR count). The fourth-order valence-corrected chi connectivity index (χ4v) is 4.23. The summed E-state index contributed by atoms with van der Waals surface area (Å²) in [5.41, 5.74) is 0.956. The first-order chi connectivity index (χ1) is 12.9. The van der Waals surface area contributed by atoms with Crippen LogP contribution in [-0.4, -0.2) is 59.8 Å². The van der Waals surface area contributed by atoms with Gasteiger partial charge in [0.25, 0.3) is 0 Å². The Morgan fingerprint density at radius 3 is 2.48 bits per heavy atom. The minimum Gasteiger partial charge on any atom is -0.444 e. The van der Waals surface area contributed by atoms with Gasteiger partial charge in [-0.25, -0.2) is 4.79 Å². The number of piperazine rings is 1. The van der Waals surface area contributed by atoms with Gasteiger partial charge in [-0.05, 0) is 52.0 Å². The number of ether oxygens (including phenoxy) is 1. The lowest BCUT2D eigenvalue weighted by Gasteiger charge is -2.42. The summed E-state index contributed by atoms with van der Waals surface area (Å²) < 4.78 is 5.42. The van der Waals surface area contributed by atoms with Gasteiger partial charge in [0.1, 0.15) is 5.60 Å². The molecule has 0 radical (unpaired) electrons. The standard InChI is InChI=1S/C22H35N3O2/c1-22(2,3)27-21(26)23-19-10-7-11-20(16-19)25-14-12-24(13-15-25)17-18-8-5-4-6-9-18/h4-6,8-9,19-20H,7,10-17H2,1-3H3,(H,23,26)/t19-,20-/m1/s1. The van der Waals surface area contributed by atoms with Crippen molar-refractivity contribution >= 4 is 6.09 Å². The van der Waals surface area contributed by atoms with Crippen molar-refractivity contribution in [1.29, 1.82) is 0 Å². The molecule has 2 atom stereocenters. The topological polar surface area (TPSA) is 44.8 Å². The van der Waals surface area contributed by atoms with Gasteiger partial charge in [-0.2, -0.15) is 0 Å². The number of carbonyl (C=O) groups excluding carboxylic acids is 1. The van der Waals surface area contributed by atoms with E-state index in [-0.39, 0.29) is 12.1 Å². The maximum absolute atomic E-state index is 12.1. The molecule has 0 spiro atoms. The average Bonchev–Trinajstić information content (AvgIpc) is 2.62. The van der Waals surface area contributed by atoms with Crippen LogP contribution >= 0.6 is 0 Å². The van der Waals surface area contributed by atoms with Crippen molar-refractivity contribution in [2.24, 2.45) is 0 Å². The molecule has 2 aliphatic rings. The molecule has 1 N–H and O–H groups in total. The van der Waals surface area contributed by atoms with Crippen LogP contribution in [0.3, 0.4) is 0 Å². The summed E-state index contributed by atoms with van der Waals surface area (Å²) >= 11 is 0. The first kappa shape index (κ1) is 20.2. The minimum absolute atomic E-state index is 0.237. The van der Waals surface area contributed by atoms with Gasteiger partial charge in [0.05, 0.1) is 0 Å². The maximum Gasteiger partial charge on any atom is 0.407 e. The molecule has 0 bridgehead atoms. The second-order valence-electron chi connectivity index (χ2n) is 8.96. The summed E-state index contributed by atoms with van der Waals surface area (Å²) in [5.74, 6) is 0. The van der Waals surface area contributed by atoms with Crippen molar-refractivity contribution in [2.75, 3.05) is 26.2 Å². The van der Waals surface area contributed by atoms with Gasteiger partial charge in [-0.15, -0.1) is 0 Å². The summed E-state index contributed by atoms with van der Waals surface area (Å²) in [4.78, 5) is 17.2. The quantitative estimate of drug-likeness (QED) is 0.875. The minimum atomic E-state index is -0.437. The van der Waals surface area contributed by atoms with E-state index in [1.807, 2.05) is 20.8 Å². The van der Waals surface area contributed by atoms with E-state index in [9.17, 15) is 4.79 Å². The number of alkyl carbamates (subject to hydrolysis) is 1. The number of nitrogens with one attached hydrogen (secondary N) is 1. The fourth-order valence-electron chi connectivity index (χ4n) is 4.23. The number of carbonyl (C=O) groups is 1. The summed E-state index contributed by atoms with van der Waals surface area (Å²) in [6, 6.07) is 11.5. The van der Waals surface area contributed by atoms with Crippen LogP contribution in [0.25, 0.3) is 0 Å². The second kappa shape index (κ2) is 9.07. The molecule has 27 heavy (non-hydrogen) atoms. The lowest BCUT2D eigenvalue weighted by molar-refractivity contribution is 0.0428. The molecule has 5 nitrogen and oxygen atoms in total. The highest BCUT2D eigenvalue weighted by Crippen LogP contribution is 2.25. The molecule has 150 valence electrons. The Morgan fingerprint density at radius 1 is 1.11 bits per heavy atom. The molecule has 0 aromatic heterocycles. The highest BCUT2D eigenvalue weighted by atomic mass is 16.6. The summed E-state index contributed by atoms with van der Waals surface area (Å²) in [6.07, 6.45) is 4.24. The van der Waals surface area contributed by atoms with Crippen LogP contribution in [0.5, 0.6) is 0 Å². The van der Waals surface area contributed by atoms with E-state index in [4.69, 9.17) is 4.74 Å². The summed E-state index contributed by atoms with van der Waals surface area (Å²) in [7, 11) is 0. The molecule has 5 heteroatoms. The zero-order chi connectivity index (χ0) is 19.3. The van der Waals surface area contributed by atoms with Crippen molar-refractivity contribution in [2.45, 2.75) is 70.7 Å². The van der Waals surface area contributed by atoms with E-state index in [0.717, 1.165) is 45.6 Å². The lowest BCUT2D eigenvalue weighted by Crippen LogP contribution is -2.53. The van der Waals surface area contributed by atoms with Crippen molar-refractivity contribution < 1.29 is 9.53 Å². The Balaban J connectivity index is 1.43. The Kier molecular flexibility index (Phi) is 6.77. The van der Waals surface area contributed by atoms with Crippen molar-refractivity contribution in [3.05, 3.63) is 35.9 Å². The average molecular weight is 374 g/mol. The van der Waals surface area contributed by atoms with Gasteiger partial charge in [0.15, 0.2) is 0 Å². The van der Waals surface area contributed by atoms with Gasteiger partial charge in [0.2, 0.25) is 0 Å². The molecule has 1 aromatic carbocycles. The van der Waals surface area contributed by atoms with Gasteiger partial charge in [-0.3, -0.25) is 9.80 Å². The van der Waals surface area contributed by atoms with Crippen LogP contribution < -0.4 is 5.32 Å². The first-order valence-corrected chi connectivity index (χ1v) is 10.4. The number of rotatable bonds is 4. The second-order valence-corrected chi connectivity index (χ2v) is 8.96. The highest BCUT2D eigenvalue weighted by molar-refractivity contribution is 5.68. The molecule has 2 fully saturated rings. The van der Waals surface area contributed by atoms with Gasteiger partial charge < -0.3 is 10.1 Å². The molecular weight excluding hydrogens is 338 g/mol. The number of hydrogen-bond donors (Lipinski definition) is 1. The Bertz CT molecular complexity index is 591. The smallest absolute Gasteiger partial charge is 0.407 e. The molecule has 1 aliphatic heterocycles. The molecule has 1 saturated heterocycles. The molecule has 1 saturated carbocycles. The molecule has 1 aliphatic carbocycles. The monoisotopic (exact) mass is 373 g/mol. The largest absolute Gasteiger partial charge is 0.444 e. The zero-order valence-electron chi connectivity index (χ0n) is 17.1.